The number of nitrogens with one attached hydrogen (secondary N) is 1. The molecule has 0 aliphatic carbocycles. The highest BCUT2D eigenvalue weighted by atomic mass is 35.5. The minimum Gasteiger partial charge on any atom is -0.492 e. The van der Waals surface area contributed by atoms with E-state index < -0.39 is 48.8 Å². The third kappa shape index (κ3) is 7.75. The summed E-state index contributed by atoms with van der Waals surface area (Å²) in [6.45, 7) is 2.28. The third-order valence-corrected chi connectivity index (χ3v) is 9.18. The monoisotopic (exact) mass is 613 g/mol. The van der Waals surface area contributed by atoms with Gasteiger partial charge in [0.15, 0.2) is 0 Å². The first-order valence-electron chi connectivity index (χ1n) is 11.6. The third-order valence-electron chi connectivity index (χ3n) is 5.70. The molecule has 0 bridgehead atoms. The van der Waals surface area contributed by atoms with E-state index in [1.807, 2.05) is 0 Å². The van der Waals surface area contributed by atoms with Crippen LogP contribution >= 0.6 is 11.6 Å². The lowest BCUT2D eigenvalue weighted by molar-refractivity contribution is -0.137. The first-order chi connectivity index (χ1) is 18.1. The van der Waals surface area contributed by atoms with Crippen molar-refractivity contribution in [2.24, 2.45) is 0 Å². The van der Waals surface area contributed by atoms with E-state index in [9.17, 15) is 34.8 Å². The molecule has 16 heteroatoms. The van der Waals surface area contributed by atoms with Crippen LogP contribution in [-0.2, 0) is 35.8 Å². The van der Waals surface area contributed by atoms with Gasteiger partial charge in [-0.15, -0.1) is 0 Å². The van der Waals surface area contributed by atoms with Gasteiger partial charge in [-0.05, 0) is 49.4 Å². The Morgan fingerprint density at radius 2 is 1.74 bits per heavy atom. The molecule has 0 radical (unpaired) electrons. The van der Waals surface area contributed by atoms with Crippen LogP contribution in [0.4, 0.5) is 18.9 Å². The predicted molar refractivity (Wildman–Crippen MR) is 138 cm³/mol. The summed E-state index contributed by atoms with van der Waals surface area (Å²) in [5.74, 6) is -0.448. The second-order valence-corrected chi connectivity index (χ2v) is 12.7. The Morgan fingerprint density at radius 1 is 1.13 bits per heavy atom. The highest BCUT2D eigenvalue weighted by Crippen LogP contribution is 2.37. The maximum absolute atomic E-state index is 13.3. The van der Waals surface area contributed by atoms with Gasteiger partial charge in [-0.2, -0.15) is 17.5 Å². The maximum atomic E-state index is 13.3. The van der Waals surface area contributed by atoms with Crippen LogP contribution < -0.4 is 14.4 Å². The fourth-order valence-corrected chi connectivity index (χ4v) is 6.61. The Balaban J connectivity index is 1.60. The number of anilines is 1. The van der Waals surface area contributed by atoms with Crippen molar-refractivity contribution in [3.05, 3.63) is 53.1 Å². The number of hydrogen-bond donors (Lipinski definition) is 1. The van der Waals surface area contributed by atoms with Crippen LogP contribution in [0.25, 0.3) is 0 Å². The van der Waals surface area contributed by atoms with Crippen molar-refractivity contribution < 1.29 is 44.3 Å². The van der Waals surface area contributed by atoms with Crippen molar-refractivity contribution in [2.45, 2.75) is 24.0 Å². The number of carbonyl (C=O) groups excluding carboxylic acids is 1. The average Bonchev–Trinajstić information content (AvgIpc) is 2.87. The lowest BCUT2D eigenvalue weighted by atomic mass is 10.1. The van der Waals surface area contributed by atoms with Gasteiger partial charge in [0.2, 0.25) is 26.0 Å². The highest BCUT2D eigenvalue weighted by molar-refractivity contribution is 7.92. The Hall–Kier alpha value is -2.59. The van der Waals surface area contributed by atoms with E-state index in [-0.39, 0.29) is 36.8 Å². The van der Waals surface area contributed by atoms with Crippen molar-refractivity contribution in [1.82, 2.24) is 9.62 Å². The largest absolute Gasteiger partial charge is 0.492 e. The average molecular weight is 614 g/mol. The van der Waals surface area contributed by atoms with E-state index >= 15 is 0 Å². The molecule has 216 valence electrons. The smallest absolute Gasteiger partial charge is 0.417 e. The minimum atomic E-state index is -4.83. The van der Waals surface area contributed by atoms with Crippen LogP contribution in [0.5, 0.6) is 5.75 Å². The fourth-order valence-electron chi connectivity index (χ4n) is 3.81. The topological polar surface area (TPSA) is 122 Å². The number of hydrogen-bond acceptors (Lipinski definition) is 7. The van der Waals surface area contributed by atoms with Crippen molar-refractivity contribution in [2.75, 3.05) is 50.0 Å². The number of benzene rings is 2. The first kappa shape index (κ1) is 30.9. The lowest BCUT2D eigenvalue weighted by Crippen LogP contribution is -2.48. The van der Waals surface area contributed by atoms with E-state index in [0.29, 0.717) is 29.3 Å². The molecule has 0 saturated carbocycles. The zero-order chi connectivity index (χ0) is 29.0. The molecular weight excluding hydrogens is 587 g/mol. The van der Waals surface area contributed by atoms with E-state index in [1.165, 1.54) is 35.5 Å². The summed E-state index contributed by atoms with van der Waals surface area (Å²) in [6.07, 6.45) is -4.06. The number of alkyl halides is 3. The van der Waals surface area contributed by atoms with Crippen molar-refractivity contribution in [3.8, 4) is 5.75 Å². The number of nitrogens with zero attached hydrogens (tertiary/aromatic N) is 2. The molecule has 10 nitrogen and oxygen atoms in total. The molecule has 1 atom stereocenters. The van der Waals surface area contributed by atoms with Gasteiger partial charge in [0.25, 0.3) is 0 Å². The van der Waals surface area contributed by atoms with Crippen LogP contribution in [0.3, 0.4) is 0 Å². The molecule has 1 unspecified atom stereocenters. The standard InChI is InChI=1S/C23H27ClF3N3O7S2/c1-16(30(38(2,32)33)17-3-8-21(24)20(15-17)23(25,26)27)22(31)28-9-12-37-18-4-6-19(7-5-18)39(34,35)29-10-13-36-14-11-29/h3-8,15-16H,9-14H2,1-2H3,(H,28,31). The molecule has 0 aromatic heterocycles. The molecular formula is C23H27ClF3N3O7S2. The normalized spacial score (nSPS) is 15.9. The predicted octanol–water partition coefficient (Wildman–Crippen LogP) is 2.73. The van der Waals surface area contributed by atoms with Crippen LogP contribution in [-0.4, -0.2) is 78.8 Å². The first-order valence-corrected chi connectivity index (χ1v) is 15.2. The summed E-state index contributed by atoms with van der Waals surface area (Å²) in [6, 6.07) is 6.87. The van der Waals surface area contributed by atoms with Gasteiger partial charge in [0.1, 0.15) is 18.4 Å². The highest BCUT2D eigenvalue weighted by Gasteiger charge is 2.36. The van der Waals surface area contributed by atoms with E-state index in [2.05, 4.69) is 5.32 Å². The molecule has 39 heavy (non-hydrogen) atoms. The van der Waals surface area contributed by atoms with Gasteiger partial charge in [0.05, 0.1) is 47.2 Å². The summed E-state index contributed by atoms with van der Waals surface area (Å²) in [5.41, 5.74) is -1.61. The van der Waals surface area contributed by atoms with Gasteiger partial charge in [0, 0.05) is 13.1 Å². The van der Waals surface area contributed by atoms with Gasteiger partial charge in [-0.3, -0.25) is 9.10 Å². The molecule has 1 saturated heterocycles. The Morgan fingerprint density at radius 3 is 2.31 bits per heavy atom. The Labute approximate surface area is 229 Å². The summed E-state index contributed by atoms with van der Waals surface area (Å²) < 4.78 is 103. The summed E-state index contributed by atoms with van der Waals surface area (Å²) >= 11 is 5.63. The zero-order valence-corrected chi connectivity index (χ0v) is 23.3. The van der Waals surface area contributed by atoms with Crippen LogP contribution in [0.1, 0.15) is 12.5 Å². The molecule has 1 fully saturated rings. The molecule has 1 amide bonds. The molecule has 1 aliphatic rings. The van der Waals surface area contributed by atoms with Gasteiger partial charge < -0.3 is 14.8 Å². The quantitative estimate of drug-likeness (QED) is 0.409. The number of sulfonamides is 2. The maximum Gasteiger partial charge on any atom is 0.417 e. The number of morpholine rings is 1. The van der Waals surface area contributed by atoms with E-state index in [4.69, 9.17) is 21.1 Å². The number of rotatable bonds is 10. The van der Waals surface area contributed by atoms with Crippen LogP contribution in [0.2, 0.25) is 5.02 Å². The summed E-state index contributed by atoms with van der Waals surface area (Å²) in [7, 11) is -7.83. The van der Waals surface area contributed by atoms with Crippen molar-refractivity contribution in [3.63, 3.8) is 0 Å². The SMILES string of the molecule is CC(C(=O)NCCOc1ccc(S(=O)(=O)N2CCOCC2)cc1)N(c1ccc(Cl)c(C(F)(F)F)c1)S(C)(=O)=O. The van der Waals surface area contributed by atoms with Gasteiger partial charge in [-0.25, -0.2) is 16.8 Å². The number of halogens is 4. The Bertz CT molecular complexity index is 1380. The Kier molecular flexibility index (Phi) is 9.75. The molecule has 1 N–H and O–H groups in total. The molecule has 0 spiro atoms. The number of carbonyl (C=O) groups is 1. The zero-order valence-electron chi connectivity index (χ0n) is 20.9. The van der Waals surface area contributed by atoms with Crippen molar-refractivity contribution in [1.29, 1.82) is 0 Å². The number of amides is 1. The molecule has 1 aliphatic heterocycles. The van der Waals surface area contributed by atoms with Crippen molar-refractivity contribution >= 4 is 43.2 Å². The number of ether oxygens (including phenoxy) is 2. The van der Waals surface area contributed by atoms with Crippen LogP contribution in [0.15, 0.2) is 47.4 Å². The molecule has 3 rings (SSSR count). The minimum absolute atomic E-state index is 0.0495. The van der Waals surface area contributed by atoms with Gasteiger partial charge in [-0.1, -0.05) is 11.6 Å². The molecule has 2 aromatic carbocycles. The van der Waals surface area contributed by atoms with E-state index in [0.717, 1.165) is 18.4 Å². The molecule has 2 aromatic rings. The fraction of sp³-hybridized carbons (Fsp3) is 0.435. The summed E-state index contributed by atoms with van der Waals surface area (Å²) in [5, 5.41) is 1.87. The van der Waals surface area contributed by atoms with Gasteiger partial charge >= 0.3 is 6.18 Å². The van der Waals surface area contributed by atoms with E-state index in [1.54, 1.807) is 0 Å². The molecule has 1 heterocycles. The second-order valence-electron chi connectivity index (χ2n) is 8.52. The lowest BCUT2D eigenvalue weighted by Gasteiger charge is -2.29. The second kappa shape index (κ2) is 12.3. The van der Waals surface area contributed by atoms with Crippen LogP contribution in [0, 0.1) is 0 Å². The summed E-state index contributed by atoms with van der Waals surface area (Å²) in [4.78, 5) is 12.8.